The van der Waals surface area contributed by atoms with E-state index in [4.69, 9.17) is 19.2 Å². The van der Waals surface area contributed by atoms with Crippen LogP contribution in [0.5, 0.6) is 11.5 Å². The number of anilines is 3. The van der Waals surface area contributed by atoms with Gasteiger partial charge in [-0.2, -0.15) is 16.6 Å². The van der Waals surface area contributed by atoms with E-state index in [1.807, 2.05) is 41.8 Å². The molecule has 1 aliphatic rings. The molecule has 2 aromatic carbocycles. The zero-order valence-corrected chi connectivity index (χ0v) is 19.5. The molecule has 0 spiro atoms. The summed E-state index contributed by atoms with van der Waals surface area (Å²) in [5.41, 5.74) is 4.22. The summed E-state index contributed by atoms with van der Waals surface area (Å²) in [6.45, 7) is 3.28. The van der Waals surface area contributed by atoms with E-state index >= 15 is 0 Å². The fourth-order valence-electron chi connectivity index (χ4n) is 3.79. The Morgan fingerprint density at radius 1 is 1.18 bits per heavy atom. The molecule has 9 heteroatoms. The molecular weight excluding hydrogens is 450 g/mol. The van der Waals surface area contributed by atoms with Crippen LogP contribution in [0.2, 0.25) is 0 Å². The standard InChI is InChI=1S/C25H23N5O3S/c1-31-23-12-18(2-5-22(23)33-15-17-6-11-34-16-17)28-20-3-4-21-25(19(20)13-26)29-24(14-27-21)30-7-9-32-10-8-30/h2-6,11-12,14,16,28H,7-10,15H2,1H3. The number of morpholine rings is 1. The second kappa shape index (κ2) is 9.95. The molecule has 8 nitrogen and oxygen atoms in total. The van der Waals surface area contributed by atoms with Crippen molar-refractivity contribution in [2.24, 2.45) is 0 Å². The van der Waals surface area contributed by atoms with Crippen molar-refractivity contribution in [2.45, 2.75) is 6.61 Å². The fraction of sp³-hybridized carbons (Fsp3) is 0.240. The highest BCUT2D eigenvalue weighted by molar-refractivity contribution is 7.07. The average molecular weight is 474 g/mol. The first kappa shape index (κ1) is 21.9. The smallest absolute Gasteiger partial charge is 0.162 e. The van der Waals surface area contributed by atoms with Crippen LogP contribution in [0.4, 0.5) is 17.2 Å². The third-order valence-electron chi connectivity index (χ3n) is 5.57. The number of nitriles is 1. The molecule has 172 valence electrons. The van der Waals surface area contributed by atoms with Gasteiger partial charge in [-0.1, -0.05) is 0 Å². The maximum absolute atomic E-state index is 9.97. The first-order valence-electron chi connectivity index (χ1n) is 10.9. The zero-order chi connectivity index (χ0) is 23.3. The Balaban J connectivity index is 1.41. The number of nitrogens with zero attached hydrogens (tertiary/aromatic N) is 4. The van der Waals surface area contributed by atoms with Gasteiger partial charge in [0, 0.05) is 24.8 Å². The van der Waals surface area contributed by atoms with E-state index in [1.54, 1.807) is 24.6 Å². The number of rotatable bonds is 7. The molecule has 5 rings (SSSR count). The summed E-state index contributed by atoms with van der Waals surface area (Å²) >= 11 is 1.64. The third-order valence-corrected chi connectivity index (χ3v) is 6.30. The first-order chi connectivity index (χ1) is 16.7. The van der Waals surface area contributed by atoms with Crippen LogP contribution in [0.15, 0.2) is 53.4 Å². The molecule has 1 saturated heterocycles. The van der Waals surface area contributed by atoms with E-state index in [-0.39, 0.29) is 0 Å². The lowest BCUT2D eigenvalue weighted by atomic mass is 10.1. The number of fused-ring (bicyclic) bond motifs is 1. The predicted molar refractivity (Wildman–Crippen MR) is 132 cm³/mol. The zero-order valence-electron chi connectivity index (χ0n) is 18.7. The molecule has 0 aliphatic carbocycles. The average Bonchev–Trinajstić information content (AvgIpc) is 3.41. The monoisotopic (exact) mass is 473 g/mol. The molecule has 4 aromatic rings. The van der Waals surface area contributed by atoms with Gasteiger partial charge < -0.3 is 24.4 Å². The van der Waals surface area contributed by atoms with Crippen LogP contribution in [0.25, 0.3) is 11.0 Å². The summed E-state index contributed by atoms with van der Waals surface area (Å²) in [6.07, 6.45) is 1.75. The van der Waals surface area contributed by atoms with Crippen molar-refractivity contribution in [2.75, 3.05) is 43.6 Å². The maximum Gasteiger partial charge on any atom is 0.162 e. The molecule has 1 aliphatic heterocycles. The van der Waals surface area contributed by atoms with Gasteiger partial charge in [0.05, 0.1) is 37.7 Å². The molecule has 0 atom stereocenters. The van der Waals surface area contributed by atoms with E-state index in [0.29, 0.717) is 53.6 Å². The summed E-state index contributed by atoms with van der Waals surface area (Å²) in [5, 5.41) is 17.4. The van der Waals surface area contributed by atoms with Crippen molar-refractivity contribution >= 4 is 39.6 Å². The van der Waals surface area contributed by atoms with Gasteiger partial charge in [-0.05, 0) is 46.7 Å². The van der Waals surface area contributed by atoms with Crippen LogP contribution in [0.3, 0.4) is 0 Å². The van der Waals surface area contributed by atoms with Gasteiger partial charge in [-0.3, -0.25) is 4.98 Å². The molecule has 0 bridgehead atoms. The Labute approximate surface area is 201 Å². The molecule has 0 radical (unpaired) electrons. The Bertz CT molecular complexity index is 1330. The molecule has 1 N–H and O–H groups in total. The van der Waals surface area contributed by atoms with Gasteiger partial charge in [-0.25, -0.2) is 4.98 Å². The largest absolute Gasteiger partial charge is 0.493 e. The number of hydrogen-bond donors (Lipinski definition) is 1. The van der Waals surface area contributed by atoms with Gasteiger partial charge in [0.25, 0.3) is 0 Å². The lowest BCUT2D eigenvalue weighted by Crippen LogP contribution is -2.36. The van der Waals surface area contributed by atoms with Gasteiger partial charge >= 0.3 is 0 Å². The number of hydrogen-bond acceptors (Lipinski definition) is 9. The quantitative estimate of drug-likeness (QED) is 0.412. The highest BCUT2D eigenvalue weighted by Crippen LogP contribution is 2.34. The second-order valence-electron chi connectivity index (χ2n) is 7.71. The van der Waals surface area contributed by atoms with Crippen LogP contribution in [-0.2, 0) is 11.3 Å². The molecular formula is C25H23N5O3S. The van der Waals surface area contributed by atoms with Crippen LogP contribution >= 0.6 is 11.3 Å². The van der Waals surface area contributed by atoms with Gasteiger partial charge in [-0.15, -0.1) is 0 Å². The van der Waals surface area contributed by atoms with Gasteiger partial charge in [0.15, 0.2) is 11.5 Å². The van der Waals surface area contributed by atoms with E-state index in [1.165, 1.54) is 0 Å². The molecule has 3 heterocycles. The predicted octanol–water partition coefficient (Wildman–Crippen LogP) is 4.73. The minimum absolute atomic E-state index is 0.442. The Hall–Kier alpha value is -3.87. The minimum Gasteiger partial charge on any atom is -0.493 e. The summed E-state index contributed by atoms with van der Waals surface area (Å²) in [5.74, 6) is 2.01. The van der Waals surface area contributed by atoms with E-state index in [0.717, 1.165) is 30.2 Å². The summed E-state index contributed by atoms with van der Waals surface area (Å²) < 4.78 is 16.9. The second-order valence-corrected chi connectivity index (χ2v) is 8.49. The van der Waals surface area contributed by atoms with E-state index in [2.05, 4.69) is 26.6 Å². The van der Waals surface area contributed by atoms with Gasteiger partial charge in [0.1, 0.15) is 29.6 Å². The van der Waals surface area contributed by atoms with Crippen molar-refractivity contribution in [3.05, 3.63) is 64.5 Å². The summed E-state index contributed by atoms with van der Waals surface area (Å²) in [4.78, 5) is 11.4. The fourth-order valence-corrected chi connectivity index (χ4v) is 4.44. The maximum atomic E-state index is 9.97. The van der Waals surface area contributed by atoms with Crippen LogP contribution < -0.4 is 19.7 Å². The number of aromatic nitrogens is 2. The van der Waals surface area contributed by atoms with Crippen LogP contribution in [-0.4, -0.2) is 43.4 Å². The topological polar surface area (TPSA) is 92.5 Å². The number of benzene rings is 2. The molecule has 34 heavy (non-hydrogen) atoms. The molecule has 0 unspecified atom stereocenters. The van der Waals surface area contributed by atoms with Crippen LogP contribution in [0, 0.1) is 11.3 Å². The van der Waals surface area contributed by atoms with Crippen molar-refractivity contribution in [1.82, 2.24) is 9.97 Å². The number of methoxy groups -OCH3 is 1. The Kier molecular flexibility index (Phi) is 6.42. The molecule has 2 aromatic heterocycles. The molecule has 0 saturated carbocycles. The summed E-state index contributed by atoms with van der Waals surface area (Å²) in [6, 6.07) is 13.6. The molecule has 0 amide bonds. The van der Waals surface area contributed by atoms with Crippen molar-refractivity contribution in [3.8, 4) is 17.6 Å². The van der Waals surface area contributed by atoms with E-state index in [9.17, 15) is 5.26 Å². The highest BCUT2D eigenvalue weighted by atomic mass is 32.1. The van der Waals surface area contributed by atoms with Gasteiger partial charge in [0.2, 0.25) is 0 Å². The normalized spacial score (nSPS) is 13.5. The number of thiophene rings is 1. The molecule has 1 fully saturated rings. The Morgan fingerprint density at radius 2 is 2.06 bits per heavy atom. The van der Waals surface area contributed by atoms with Crippen LogP contribution in [0.1, 0.15) is 11.1 Å². The minimum atomic E-state index is 0.442. The third kappa shape index (κ3) is 4.59. The summed E-state index contributed by atoms with van der Waals surface area (Å²) in [7, 11) is 1.61. The van der Waals surface area contributed by atoms with Crippen molar-refractivity contribution < 1.29 is 14.2 Å². The Morgan fingerprint density at radius 3 is 2.82 bits per heavy atom. The highest BCUT2D eigenvalue weighted by Gasteiger charge is 2.17. The van der Waals surface area contributed by atoms with Crippen molar-refractivity contribution in [1.29, 1.82) is 5.26 Å². The number of ether oxygens (including phenoxy) is 3. The van der Waals surface area contributed by atoms with E-state index < -0.39 is 0 Å². The SMILES string of the molecule is COc1cc(Nc2ccc3ncc(N4CCOCC4)nc3c2C#N)ccc1OCc1ccsc1. The number of nitrogens with one attached hydrogen (secondary N) is 1. The lowest BCUT2D eigenvalue weighted by molar-refractivity contribution is 0.122. The first-order valence-corrected chi connectivity index (χ1v) is 11.8. The van der Waals surface area contributed by atoms with Crippen molar-refractivity contribution in [3.63, 3.8) is 0 Å². The lowest BCUT2D eigenvalue weighted by Gasteiger charge is -2.27.